The van der Waals surface area contributed by atoms with E-state index >= 15 is 0 Å². The summed E-state index contributed by atoms with van der Waals surface area (Å²) in [5, 5.41) is 9.40. The molecule has 2 aliphatic rings. The summed E-state index contributed by atoms with van der Waals surface area (Å²) in [5.41, 5.74) is 5.42. The number of rotatable bonds is 2. The second kappa shape index (κ2) is 7.94. The Balaban J connectivity index is 1.73. The fourth-order valence-corrected chi connectivity index (χ4v) is 4.38. The minimum Gasteiger partial charge on any atom is -0.255 e. The fraction of sp³-hybridized carbons (Fsp3) is 0.500. The number of pyridine rings is 2. The van der Waals surface area contributed by atoms with E-state index in [1.165, 1.54) is 31.2 Å². The summed E-state index contributed by atoms with van der Waals surface area (Å²) in [4.78, 5) is 9.36. The predicted octanol–water partition coefficient (Wildman–Crippen LogP) is 5.57. The molecular weight excluding hydrogens is 344 g/mol. The third kappa shape index (κ3) is 3.91. The molecule has 1 fully saturated rings. The first-order chi connectivity index (χ1) is 13.5. The van der Waals surface area contributed by atoms with Crippen LogP contribution in [0.1, 0.15) is 76.2 Å². The molecular formula is C24H30N4. The Morgan fingerprint density at radius 2 is 1.39 bits per heavy atom. The van der Waals surface area contributed by atoms with Crippen LogP contribution >= 0.6 is 0 Å². The van der Waals surface area contributed by atoms with Crippen LogP contribution in [0.4, 0.5) is 0 Å². The van der Waals surface area contributed by atoms with Gasteiger partial charge in [-0.3, -0.25) is 9.97 Å². The Bertz CT molecular complexity index is 860. The van der Waals surface area contributed by atoms with Crippen molar-refractivity contribution in [1.82, 2.24) is 9.97 Å². The highest BCUT2D eigenvalue weighted by Crippen LogP contribution is 2.36. The lowest BCUT2D eigenvalue weighted by molar-refractivity contribution is 0.391. The Morgan fingerprint density at radius 3 is 1.89 bits per heavy atom. The Kier molecular flexibility index (Phi) is 5.38. The van der Waals surface area contributed by atoms with Crippen molar-refractivity contribution in [1.29, 1.82) is 0 Å². The van der Waals surface area contributed by atoms with E-state index in [0.717, 1.165) is 35.7 Å². The van der Waals surface area contributed by atoms with Crippen molar-refractivity contribution in [2.24, 2.45) is 22.0 Å². The van der Waals surface area contributed by atoms with Gasteiger partial charge in [0.2, 0.25) is 0 Å². The van der Waals surface area contributed by atoms with Gasteiger partial charge in [-0.25, -0.2) is 0 Å². The van der Waals surface area contributed by atoms with Gasteiger partial charge in [-0.2, -0.15) is 10.2 Å². The second-order valence-corrected chi connectivity index (χ2v) is 9.07. The monoisotopic (exact) mass is 374 g/mol. The van der Waals surface area contributed by atoms with E-state index in [4.69, 9.17) is 10.1 Å². The molecule has 0 aromatic carbocycles. The van der Waals surface area contributed by atoms with Gasteiger partial charge in [-0.1, -0.05) is 58.6 Å². The average Bonchev–Trinajstić information content (AvgIpc) is 2.68. The summed E-state index contributed by atoms with van der Waals surface area (Å²) in [6, 6.07) is 10.4. The molecule has 0 bridgehead atoms. The van der Waals surface area contributed by atoms with Crippen molar-refractivity contribution in [2.45, 2.75) is 64.7 Å². The first-order valence-electron chi connectivity index (χ1n) is 10.6. The van der Waals surface area contributed by atoms with Crippen LogP contribution in [0.15, 0.2) is 52.9 Å². The van der Waals surface area contributed by atoms with Crippen LogP contribution in [0.2, 0.25) is 0 Å². The highest BCUT2D eigenvalue weighted by Gasteiger charge is 2.36. The number of hydrogen-bond acceptors (Lipinski definition) is 4. The standard InChI is InChI=1S/C24H30N4/c1-24(2,3)17-13-14-21(26-16-17)23-19-11-7-5-4-6-10-18(19)22(27-28-23)20-12-8-9-15-25-20/h8-9,12-16,18-19H,4-7,10-11H2,1-3H3. The molecule has 0 N–H and O–H groups in total. The number of fused-ring (bicyclic) bond motifs is 1. The number of aromatic nitrogens is 2. The van der Waals surface area contributed by atoms with E-state index in [-0.39, 0.29) is 5.41 Å². The lowest BCUT2D eigenvalue weighted by Gasteiger charge is -2.33. The Morgan fingerprint density at radius 1 is 0.750 bits per heavy atom. The van der Waals surface area contributed by atoms with Crippen LogP contribution in [0, 0.1) is 11.8 Å². The summed E-state index contributed by atoms with van der Waals surface area (Å²) < 4.78 is 0. The van der Waals surface area contributed by atoms with Gasteiger partial charge in [0.1, 0.15) is 0 Å². The Hall–Kier alpha value is -2.36. The van der Waals surface area contributed by atoms with Crippen molar-refractivity contribution in [3.63, 3.8) is 0 Å². The van der Waals surface area contributed by atoms with Gasteiger partial charge in [0.15, 0.2) is 0 Å². The summed E-state index contributed by atoms with van der Waals surface area (Å²) >= 11 is 0. The van der Waals surface area contributed by atoms with Crippen molar-refractivity contribution >= 4 is 11.4 Å². The fourth-order valence-electron chi connectivity index (χ4n) is 4.38. The molecule has 4 nitrogen and oxygen atoms in total. The number of hydrogen-bond donors (Lipinski definition) is 0. The smallest absolute Gasteiger partial charge is 0.0924 e. The van der Waals surface area contributed by atoms with Gasteiger partial charge in [0.05, 0.1) is 22.8 Å². The van der Waals surface area contributed by atoms with Gasteiger partial charge in [-0.15, -0.1) is 0 Å². The molecule has 4 rings (SSSR count). The van der Waals surface area contributed by atoms with Gasteiger partial charge < -0.3 is 0 Å². The molecule has 2 aromatic heterocycles. The minimum atomic E-state index is 0.104. The third-order valence-electron chi connectivity index (χ3n) is 6.05. The van der Waals surface area contributed by atoms with Crippen molar-refractivity contribution in [2.75, 3.05) is 0 Å². The molecule has 1 aliphatic heterocycles. The first kappa shape index (κ1) is 19.0. The molecule has 0 spiro atoms. The van der Waals surface area contributed by atoms with E-state index in [1.54, 1.807) is 0 Å². The van der Waals surface area contributed by atoms with Gasteiger partial charge in [0.25, 0.3) is 0 Å². The molecule has 28 heavy (non-hydrogen) atoms. The molecule has 1 aliphatic carbocycles. The normalized spacial score (nSPS) is 23.1. The highest BCUT2D eigenvalue weighted by molar-refractivity contribution is 6.10. The minimum absolute atomic E-state index is 0.104. The second-order valence-electron chi connectivity index (χ2n) is 9.07. The van der Waals surface area contributed by atoms with Crippen LogP contribution < -0.4 is 0 Å². The van der Waals surface area contributed by atoms with Crippen LogP contribution in [0.25, 0.3) is 0 Å². The van der Waals surface area contributed by atoms with E-state index in [1.807, 2.05) is 24.5 Å². The molecule has 4 heteroatoms. The molecule has 0 radical (unpaired) electrons. The molecule has 0 saturated heterocycles. The van der Waals surface area contributed by atoms with Gasteiger partial charge in [0, 0.05) is 24.2 Å². The topological polar surface area (TPSA) is 50.5 Å². The molecule has 2 unspecified atom stereocenters. The zero-order chi connectivity index (χ0) is 19.6. The van der Waals surface area contributed by atoms with E-state index in [2.05, 4.69) is 49.1 Å². The molecule has 1 saturated carbocycles. The van der Waals surface area contributed by atoms with Crippen molar-refractivity contribution in [3.8, 4) is 0 Å². The summed E-state index contributed by atoms with van der Waals surface area (Å²) in [7, 11) is 0. The highest BCUT2D eigenvalue weighted by atomic mass is 15.2. The molecule has 0 amide bonds. The van der Waals surface area contributed by atoms with Gasteiger partial charge in [-0.05, 0) is 42.0 Å². The zero-order valence-electron chi connectivity index (χ0n) is 17.2. The van der Waals surface area contributed by atoms with E-state index in [9.17, 15) is 0 Å². The maximum absolute atomic E-state index is 4.80. The summed E-state index contributed by atoms with van der Waals surface area (Å²) in [6.45, 7) is 6.65. The maximum atomic E-state index is 4.80. The van der Waals surface area contributed by atoms with Crippen LogP contribution in [-0.2, 0) is 5.41 Å². The van der Waals surface area contributed by atoms with Crippen LogP contribution in [0.3, 0.4) is 0 Å². The van der Waals surface area contributed by atoms with Crippen molar-refractivity contribution in [3.05, 3.63) is 59.7 Å². The first-order valence-corrected chi connectivity index (χ1v) is 10.6. The molecule has 3 heterocycles. The van der Waals surface area contributed by atoms with Gasteiger partial charge >= 0.3 is 0 Å². The van der Waals surface area contributed by atoms with E-state index in [0.29, 0.717) is 11.8 Å². The third-order valence-corrected chi connectivity index (χ3v) is 6.05. The zero-order valence-corrected chi connectivity index (χ0v) is 17.2. The lowest BCUT2D eigenvalue weighted by atomic mass is 9.74. The lowest BCUT2D eigenvalue weighted by Crippen LogP contribution is -2.35. The van der Waals surface area contributed by atoms with Crippen molar-refractivity contribution < 1.29 is 0 Å². The number of nitrogens with zero attached hydrogens (tertiary/aromatic N) is 4. The summed E-state index contributed by atoms with van der Waals surface area (Å²) in [6.07, 6.45) is 11.3. The summed E-state index contributed by atoms with van der Waals surface area (Å²) in [5.74, 6) is 0.759. The van der Waals surface area contributed by atoms with E-state index < -0.39 is 0 Å². The predicted molar refractivity (Wildman–Crippen MR) is 115 cm³/mol. The van der Waals surface area contributed by atoms with Crippen LogP contribution in [-0.4, -0.2) is 21.4 Å². The SMILES string of the molecule is CC(C)(C)c1ccc(C2=NN=C(c3ccccn3)C3CCCCCCC23)nc1. The molecule has 2 atom stereocenters. The quantitative estimate of drug-likeness (QED) is 0.690. The average molecular weight is 375 g/mol. The Labute approximate surface area is 168 Å². The van der Waals surface area contributed by atoms with Crippen LogP contribution in [0.5, 0.6) is 0 Å². The molecule has 2 aromatic rings. The maximum Gasteiger partial charge on any atom is 0.0924 e. The molecule has 146 valence electrons. The largest absolute Gasteiger partial charge is 0.255 e.